The monoisotopic (exact) mass is 521 g/mol. The average molecular weight is 522 g/mol. The van der Waals surface area contributed by atoms with Crippen LogP contribution >= 0.6 is 11.6 Å². The van der Waals surface area contributed by atoms with Crippen molar-refractivity contribution >= 4 is 23.3 Å². The van der Waals surface area contributed by atoms with Crippen molar-refractivity contribution in [2.45, 2.75) is 26.1 Å². The Morgan fingerprint density at radius 2 is 1.97 bits per heavy atom. The molecule has 0 atom stereocenters. The summed E-state index contributed by atoms with van der Waals surface area (Å²) in [4.78, 5) is 15.9. The predicted octanol–water partition coefficient (Wildman–Crippen LogP) is 4.22. The van der Waals surface area contributed by atoms with Gasteiger partial charge in [-0.05, 0) is 13.0 Å². The van der Waals surface area contributed by atoms with Crippen LogP contribution in [0.3, 0.4) is 0 Å². The molecule has 3 aromatic heterocycles. The SMILES string of the molecule is COc1cc(CNC(=O)Nc2cc(Cl)nc(OCC(F)F)c2)nnc1-c1c(C(F)(F)F)n[nH]c1C. The quantitative estimate of drug-likeness (QED) is 0.299. The summed E-state index contributed by atoms with van der Waals surface area (Å²) in [5.74, 6) is -0.235. The minimum Gasteiger partial charge on any atom is -0.494 e. The highest BCUT2D eigenvalue weighted by molar-refractivity contribution is 6.29. The molecule has 0 aliphatic carbocycles. The lowest BCUT2D eigenvalue weighted by atomic mass is 10.1. The Morgan fingerprint density at radius 3 is 2.63 bits per heavy atom. The van der Waals surface area contributed by atoms with Gasteiger partial charge in [0.15, 0.2) is 12.3 Å². The van der Waals surface area contributed by atoms with Gasteiger partial charge in [0.05, 0.1) is 30.6 Å². The number of hydrogen-bond donors (Lipinski definition) is 3. The number of aromatic nitrogens is 5. The van der Waals surface area contributed by atoms with Crippen molar-refractivity contribution in [1.29, 1.82) is 0 Å². The third kappa shape index (κ3) is 6.65. The fourth-order valence-electron chi connectivity index (χ4n) is 2.86. The van der Waals surface area contributed by atoms with Gasteiger partial charge in [-0.2, -0.15) is 23.4 Å². The van der Waals surface area contributed by atoms with E-state index in [1.807, 2.05) is 0 Å². The number of aromatic amines is 1. The lowest BCUT2D eigenvalue weighted by Crippen LogP contribution is -2.28. The van der Waals surface area contributed by atoms with Gasteiger partial charge in [0.25, 0.3) is 6.43 Å². The molecule has 0 spiro atoms. The Balaban J connectivity index is 1.71. The van der Waals surface area contributed by atoms with E-state index in [1.54, 1.807) is 0 Å². The molecule has 0 bridgehead atoms. The maximum Gasteiger partial charge on any atom is 0.435 e. The summed E-state index contributed by atoms with van der Waals surface area (Å²) in [6.45, 7) is 0.311. The van der Waals surface area contributed by atoms with Crippen molar-refractivity contribution in [3.63, 3.8) is 0 Å². The van der Waals surface area contributed by atoms with Gasteiger partial charge < -0.3 is 20.1 Å². The number of carbonyl (C=O) groups is 1. The van der Waals surface area contributed by atoms with E-state index in [-0.39, 0.29) is 51.7 Å². The number of nitrogens with zero attached hydrogens (tertiary/aromatic N) is 4. The van der Waals surface area contributed by atoms with Crippen LogP contribution in [0.25, 0.3) is 11.3 Å². The summed E-state index contributed by atoms with van der Waals surface area (Å²) in [5, 5.41) is 18.0. The molecule has 3 rings (SSSR count). The number of halogens is 6. The maximum absolute atomic E-state index is 13.3. The van der Waals surface area contributed by atoms with E-state index >= 15 is 0 Å². The van der Waals surface area contributed by atoms with Crippen molar-refractivity contribution in [3.8, 4) is 22.9 Å². The molecule has 3 heterocycles. The minimum atomic E-state index is -4.73. The first-order chi connectivity index (χ1) is 16.5. The van der Waals surface area contributed by atoms with Crippen LogP contribution in [-0.2, 0) is 12.7 Å². The Bertz CT molecular complexity index is 1210. The molecule has 0 radical (unpaired) electrons. The molecule has 2 amide bonds. The first kappa shape index (κ1) is 25.9. The van der Waals surface area contributed by atoms with Crippen LogP contribution in [-0.4, -0.2) is 51.6 Å². The number of pyridine rings is 1. The number of anilines is 1. The summed E-state index contributed by atoms with van der Waals surface area (Å²) < 4.78 is 74.5. The van der Waals surface area contributed by atoms with Crippen LogP contribution in [0.5, 0.6) is 11.6 Å². The van der Waals surface area contributed by atoms with E-state index in [0.29, 0.717) is 0 Å². The number of hydrogen-bond acceptors (Lipinski definition) is 7. The van der Waals surface area contributed by atoms with Crippen LogP contribution in [0.1, 0.15) is 17.1 Å². The van der Waals surface area contributed by atoms with Gasteiger partial charge in [0.1, 0.15) is 16.6 Å². The molecule has 3 N–H and O–H groups in total. The molecule has 0 saturated heterocycles. The van der Waals surface area contributed by atoms with Crippen molar-refractivity contribution in [1.82, 2.24) is 30.7 Å². The number of H-pyrrole nitrogens is 1. The van der Waals surface area contributed by atoms with Gasteiger partial charge in [-0.3, -0.25) is 5.10 Å². The number of nitrogens with one attached hydrogen (secondary N) is 3. The van der Waals surface area contributed by atoms with Crippen molar-refractivity contribution in [2.75, 3.05) is 19.0 Å². The number of rotatable bonds is 8. The second-order valence-corrected chi connectivity index (χ2v) is 7.24. The molecule has 0 fully saturated rings. The van der Waals surface area contributed by atoms with Crippen LogP contribution in [0.15, 0.2) is 18.2 Å². The molecule has 0 unspecified atom stereocenters. The highest BCUT2D eigenvalue weighted by Gasteiger charge is 2.39. The van der Waals surface area contributed by atoms with E-state index < -0.39 is 30.9 Å². The maximum atomic E-state index is 13.3. The number of urea groups is 1. The zero-order chi connectivity index (χ0) is 25.8. The molecule has 188 valence electrons. The van der Waals surface area contributed by atoms with E-state index in [4.69, 9.17) is 21.1 Å². The molecule has 0 aliphatic rings. The Kier molecular flexibility index (Phi) is 7.89. The zero-order valence-electron chi connectivity index (χ0n) is 18.0. The third-order valence-corrected chi connectivity index (χ3v) is 4.49. The van der Waals surface area contributed by atoms with Crippen LogP contribution < -0.4 is 20.1 Å². The second-order valence-electron chi connectivity index (χ2n) is 6.85. The molecular weight excluding hydrogens is 505 g/mol. The number of alkyl halides is 5. The van der Waals surface area contributed by atoms with Gasteiger partial charge >= 0.3 is 12.2 Å². The van der Waals surface area contributed by atoms with Gasteiger partial charge in [-0.25, -0.2) is 18.6 Å². The Labute approximate surface area is 199 Å². The number of methoxy groups -OCH3 is 1. The normalized spacial score (nSPS) is 11.5. The summed E-state index contributed by atoms with van der Waals surface area (Å²) in [5.41, 5.74) is -1.26. The predicted molar refractivity (Wildman–Crippen MR) is 113 cm³/mol. The van der Waals surface area contributed by atoms with Gasteiger partial charge in [0, 0.05) is 17.8 Å². The first-order valence-corrected chi connectivity index (χ1v) is 10.0. The van der Waals surface area contributed by atoms with Crippen molar-refractivity contribution in [3.05, 3.63) is 40.4 Å². The lowest BCUT2D eigenvalue weighted by Gasteiger charge is -2.12. The van der Waals surface area contributed by atoms with E-state index in [1.165, 1.54) is 32.2 Å². The molecule has 35 heavy (non-hydrogen) atoms. The molecule has 3 aromatic rings. The number of amides is 2. The highest BCUT2D eigenvalue weighted by Crippen LogP contribution is 2.39. The number of aryl methyl sites for hydroxylation is 1. The molecule has 0 saturated carbocycles. The minimum absolute atomic E-state index is 0.0195. The lowest BCUT2D eigenvalue weighted by molar-refractivity contribution is -0.140. The van der Waals surface area contributed by atoms with E-state index in [0.717, 1.165) is 0 Å². The second kappa shape index (κ2) is 10.7. The van der Waals surface area contributed by atoms with Crippen molar-refractivity contribution in [2.24, 2.45) is 0 Å². The standard InChI is InChI=1S/C19H17ClF5N7O3/c1-8-15(17(32-29-8)19(23,24)25)16-11(34-2)3-10(30-31-16)6-26-18(33)27-9-4-12(20)28-14(5-9)35-7-13(21)22/h3-5,13H,6-7H2,1-2H3,(H,29,32)(H2,26,27,28,33). The van der Waals surface area contributed by atoms with Crippen LogP contribution in [0.4, 0.5) is 32.4 Å². The van der Waals surface area contributed by atoms with Crippen LogP contribution in [0.2, 0.25) is 5.15 Å². The fourth-order valence-corrected chi connectivity index (χ4v) is 3.07. The van der Waals surface area contributed by atoms with Gasteiger partial charge in [-0.15, -0.1) is 5.10 Å². The zero-order valence-corrected chi connectivity index (χ0v) is 18.8. The molecule has 10 nitrogen and oxygen atoms in total. The van der Waals surface area contributed by atoms with Gasteiger partial charge in [0.2, 0.25) is 5.88 Å². The number of carbonyl (C=O) groups excluding carboxylic acids is 1. The summed E-state index contributed by atoms with van der Waals surface area (Å²) in [6, 6.07) is 3.03. The Morgan fingerprint density at radius 1 is 1.23 bits per heavy atom. The van der Waals surface area contributed by atoms with E-state index in [9.17, 15) is 26.7 Å². The van der Waals surface area contributed by atoms with Gasteiger partial charge in [-0.1, -0.05) is 11.6 Å². The van der Waals surface area contributed by atoms with E-state index in [2.05, 4.69) is 36.0 Å². The third-order valence-electron chi connectivity index (χ3n) is 4.30. The first-order valence-electron chi connectivity index (χ1n) is 9.64. The number of ether oxygens (including phenoxy) is 2. The summed E-state index contributed by atoms with van der Waals surface area (Å²) >= 11 is 5.80. The van der Waals surface area contributed by atoms with Crippen molar-refractivity contribution < 1.29 is 36.2 Å². The smallest absolute Gasteiger partial charge is 0.435 e. The molecule has 0 aliphatic heterocycles. The fraction of sp³-hybridized carbons (Fsp3) is 0.316. The average Bonchev–Trinajstić information content (AvgIpc) is 3.17. The summed E-state index contributed by atoms with van der Waals surface area (Å²) in [7, 11) is 1.24. The Hall–Kier alpha value is -3.75. The molecular formula is C19H17ClF5N7O3. The topological polar surface area (TPSA) is 127 Å². The largest absolute Gasteiger partial charge is 0.494 e. The highest BCUT2D eigenvalue weighted by atomic mass is 35.5. The summed E-state index contributed by atoms with van der Waals surface area (Å²) in [6.07, 6.45) is -7.46. The van der Waals surface area contributed by atoms with Crippen LogP contribution in [0, 0.1) is 6.92 Å². The molecule has 0 aromatic carbocycles. The molecule has 16 heteroatoms.